The number of rotatable bonds is 5. The van der Waals surface area contributed by atoms with Gasteiger partial charge in [0.05, 0.1) is 0 Å². The van der Waals surface area contributed by atoms with Crippen LogP contribution in [0.15, 0.2) is 5.83 Å². The summed E-state index contributed by atoms with van der Waals surface area (Å²) in [5, 5.41) is 12.8. The van der Waals surface area contributed by atoms with Gasteiger partial charge in [0.25, 0.3) is 5.92 Å². The minimum absolute atomic E-state index is 0.664. The lowest BCUT2D eigenvalue weighted by atomic mass is 9.92. The van der Waals surface area contributed by atoms with Crippen LogP contribution < -0.4 is 10.6 Å². The first-order chi connectivity index (χ1) is 13.1. The molecule has 0 spiro atoms. The van der Waals surface area contributed by atoms with Gasteiger partial charge in [0.15, 0.2) is 11.9 Å². The number of hydrogen-bond donors (Lipinski definition) is 3. The highest BCUT2D eigenvalue weighted by atomic mass is 19.4. The van der Waals surface area contributed by atoms with Crippen molar-refractivity contribution in [2.45, 2.75) is 50.2 Å². The SMILES string of the molecule is CC(Nc1nc(NCC(F)(F)F)nc(C2=C(F)[C@H](O)C(F)(F)CC2)n1)C(F)(F)F. The van der Waals surface area contributed by atoms with Crippen molar-refractivity contribution >= 4 is 17.5 Å². The molecule has 0 aromatic carbocycles. The second-order valence-corrected chi connectivity index (χ2v) is 6.17. The summed E-state index contributed by atoms with van der Waals surface area (Å²) in [5.74, 6) is -8.05. The van der Waals surface area contributed by atoms with Gasteiger partial charge in [0.2, 0.25) is 11.9 Å². The molecule has 2 atom stereocenters. The fourth-order valence-electron chi connectivity index (χ4n) is 2.23. The Morgan fingerprint density at radius 3 is 2.24 bits per heavy atom. The molecule has 1 aromatic rings. The molecule has 164 valence electrons. The Balaban J connectivity index is 2.45. The Morgan fingerprint density at radius 2 is 1.69 bits per heavy atom. The highest BCUT2D eigenvalue weighted by Gasteiger charge is 2.46. The number of nitrogens with zero attached hydrogens (tertiary/aromatic N) is 3. The Hall–Kier alpha value is -2.32. The summed E-state index contributed by atoms with van der Waals surface area (Å²) in [6.45, 7) is -1.01. The molecule has 0 fully saturated rings. The zero-order valence-corrected chi connectivity index (χ0v) is 14.5. The summed E-state index contributed by atoms with van der Waals surface area (Å²) in [6, 6.07) is -2.24. The number of aliphatic hydroxyl groups is 1. The van der Waals surface area contributed by atoms with Gasteiger partial charge >= 0.3 is 12.4 Å². The molecular weight excluding hydrogens is 425 g/mol. The van der Waals surface area contributed by atoms with E-state index in [4.69, 9.17) is 0 Å². The zero-order chi connectivity index (χ0) is 22.2. The number of nitrogens with one attached hydrogen (secondary N) is 2. The van der Waals surface area contributed by atoms with Gasteiger partial charge in [0.1, 0.15) is 18.4 Å². The van der Waals surface area contributed by atoms with Crippen molar-refractivity contribution in [2.24, 2.45) is 0 Å². The van der Waals surface area contributed by atoms with Gasteiger partial charge in [-0.3, -0.25) is 0 Å². The smallest absolute Gasteiger partial charge is 0.380 e. The molecule has 1 heterocycles. The van der Waals surface area contributed by atoms with Crippen molar-refractivity contribution < 1.29 is 44.6 Å². The van der Waals surface area contributed by atoms with E-state index in [1.807, 2.05) is 0 Å². The van der Waals surface area contributed by atoms with Crippen LogP contribution in [-0.2, 0) is 0 Å². The molecule has 6 nitrogen and oxygen atoms in total. The largest absolute Gasteiger partial charge is 0.408 e. The lowest BCUT2D eigenvalue weighted by Crippen LogP contribution is -2.37. The van der Waals surface area contributed by atoms with Crippen LogP contribution in [0.3, 0.4) is 0 Å². The second-order valence-electron chi connectivity index (χ2n) is 6.17. The highest BCUT2D eigenvalue weighted by molar-refractivity contribution is 5.66. The molecule has 1 unspecified atom stereocenters. The molecule has 1 aliphatic rings. The summed E-state index contributed by atoms with van der Waals surface area (Å²) in [5.41, 5.74) is -0.677. The average molecular weight is 439 g/mol. The fourth-order valence-corrected chi connectivity index (χ4v) is 2.23. The molecule has 3 N–H and O–H groups in total. The first-order valence-corrected chi connectivity index (χ1v) is 7.95. The first-order valence-electron chi connectivity index (χ1n) is 7.95. The number of allylic oxidation sites excluding steroid dienone is 1. The molecule has 0 radical (unpaired) electrons. The van der Waals surface area contributed by atoms with Gasteiger partial charge in [-0.2, -0.15) is 41.3 Å². The number of aliphatic hydroxyl groups excluding tert-OH is 1. The summed E-state index contributed by atoms with van der Waals surface area (Å²) in [7, 11) is 0. The van der Waals surface area contributed by atoms with Gasteiger partial charge in [-0.15, -0.1) is 0 Å². The number of hydrogen-bond acceptors (Lipinski definition) is 6. The maximum Gasteiger partial charge on any atom is 0.408 e. The van der Waals surface area contributed by atoms with Gasteiger partial charge in [-0.05, 0) is 13.3 Å². The van der Waals surface area contributed by atoms with Gasteiger partial charge < -0.3 is 15.7 Å². The third-order valence-electron chi connectivity index (χ3n) is 3.83. The Bertz CT molecular complexity index is 778. The number of anilines is 2. The van der Waals surface area contributed by atoms with Crippen LogP contribution in [0.2, 0.25) is 0 Å². The first kappa shape index (κ1) is 23.0. The van der Waals surface area contributed by atoms with E-state index in [-0.39, 0.29) is 0 Å². The van der Waals surface area contributed by atoms with Gasteiger partial charge in [-0.1, -0.05) is 0 Å². The van der Waals surface area contributed by atoms with Crippen LogP contribution in [0.1, 0.15) is 25.6 Å². The summed E-state index contributed by atoms with van der Waals surface area (Å²) in [6.07, 6.45) is -14.1. The Morgan fingerprint density at radius 1 is 1.10 bits per heavy atom. The summed E-state index contributed by atoms with van der Waals surface area (Å²) in [4.78, 5) is 10.3. The molecule has 1 aromatic heterocycles. The van der Waals surface area contributed by atoms with Crippen molar-refractivity contribution in [1.82, 2.24) is 15.0 Å². The standard InChI is InChI=1S/C14H14F9N5O/c1-5(14(21,22)23)25-11-27-9(26-10(28-11)24-4-13(18,19)20)6-2-3-12(16,17)8(29)7(6)15/h5,8,29H,2-4H2,1H3,(H2,24,25,26,27,28)/t5?,8-/m0/s1. The molecule has 29 heavy (non-hydrogen) atoms. The molecule has 0 aliphatic heterocycles. The van der Waals surface area contributed by atoms with Crippen LogP contribution in [0.25, 0.3) is 5.57 Å². The maximum absolute atomic E-state index is 14.2. The highest BCUT2D eigenvalue weighted by Crippen LogP contribution is 2.41. The molecule has 15 heteroatoms. The van der Waals surface area contributed by atoms with Crippen molar-refractivity contribution in [3.63, 3.8) is 0 Å². The lowest BCUT2D eigenvalue weighted by molar-refractivity contribution is -0.138. The minimum Gasteiger partial charge on any atom is -0.380 e. The van der Waals surface area contributed by atoms with Crippen LogP contribution in [0.4, 0.5) is 51.4 Å². The molecular formula is C14H14F9N5O. The molecule has 2 rings (SSSR count). The topological polar surface area (TPSA) is 83.0 Å². The number of halogens is 9. The van der Waals surface area contributed by atoms with Crippen LogP contribution in [-0.4, -0.2) is 57.0 Å². The van der Waals surface area contributed by atoms with E-state index < -0.39 is 78.9 Å². The van der Waals surface area contributed by atoms with Gasteiger partial charge in [0, 0.05) is 12.0 Å². The van der Waals surface area contributed by atoms with E-state index in [0.717, 1.165) is 0 Å². The molecule has 0 amide bonds. The van der Waals surface area contributed by atoms with Gasteiger partial charge in [-0.25, -0.2) is 13.2 Å². The zero-order valence-electron chi connectivity index (χ0n) is 14.5. The van der Waals surface area contributed by atoms with Crippen LogP contribution in [0.5, 0.6) is 0 Å². The molecule has 0 bridgehead atoms. The fraction of sp³-hybridized carbons (Fsp3) is 0.643. The van der Waals surface area contributed by atoms with E-state index in [2.05, 4.69) is 15.0 Å². The second kappa shape index (κ2) is 7.84. The summed E-state index contributed by atoms with van der Waals surface area (Å²) < 4.78 is 116. The van der Waals surface area contributed by atoms with Crippen molar-refractivity contribution in [2.75, 3.05) is 17.2 Å². The van der Waals surface area contributed by atoms with E-state index in [0.29, 0.717) is 6.92 Å². The third kappa shape index (κ3) is 5.83. The van der Waals surface area contributed by atoms with E-state index >= 15 is 0 Å². The predicted molar refractivity (Wildman–Crippen MR) is 81.7 cm³/mol. The van der Waals surface area contributed by atoms with E-state index in [1.165, 1.54) is 0 Å². The van der Waals surface area contributed by atoms with Crippen LogP contribution in [0, 0.1) is 0 Å². The Kier molecular flexibility index (Phi) is 6.20. The molecule has 0 saturated heterocycles. The van der Waals surface area contributed by atoms with E-state index in [9.17, 15) is 44.6 Å². The predicted octanol–water partition coefficient (Wildman–Crippen LogP) is 3.68. The van der Waals surface area contributed by atoms with E-state index in [1.54, 1.807) is 10.6 Å². The normalized spacial score (nSPS) is 21.1. The lowest BCUT2D eigenvalue weighted by Gasteiger charge is -2.27. The summed E-state index contributed by atoms with van der Waals surface area (Å²) >= 11 is 0. The molecule has 1 aliphatic carbocycles. The minimum atomic E-state index is -4.78. The quantitative estimate of drug-likeness (QED) is 0.608. The average Bonchev–Trinajstić information content (AvgIpc) is 2.56. The van der Waals surface area contributed by atoms with Crippen molar-refractivity contribution in [3.8, 4) is 0 Å². The van der Waals surface area contributed by atoms with Crippen molar-refractivity contribution in [3.05, 3.63) is 11.7 Å². The molecule has 0 saturated carbocycles. The monoisotopic (exact) mass is 439 g/mol. The number of alkyl halides is 8. The maximum atomic E-state index is 14.2. The van der Waals surface area contributed by atoms with Crippen LogP contribution >= 0.6 is 0 Å². The third-order valence-corrected chi connectivity index (χ3v) is 3.83. The van der Waals surface area contributed by atoms with Crippen molar-refractivity contribution in [1.29, 1.82) is 0 Å². The Labute approximate surface area is 157 Å². The number of aromatic nitrogens is 3.